The summed E-state index contributed by atoms with van der Waals surface area (Å²) in [6, 6.07) is 21.1. The van der Waals surface area contributed by atoms with Crippen molar-refractivity contribution in [2.45, 2.75) is 43.5 Å². The van der Waals surface area contributed by atoms with E-state index in [0.29, 0.717) is 24.1 Å². The molecule has 204 valence electrons. The molecule has 0 bridgehead atoms. The number of halogens is 1. The summed E-state index contributed by atoms with van der Waals surface area (Å²) in [5.41, 5.74) is 0.956. The molecule has 10 heteroatoms. The van der Waals surface area contributed by atoms with Crippen molar-refractivity contribution < 1.29 is 32.3 Å². The lowest BCUT2D eigenvalue weighted by molar-refractivity contribution is -0.137. The van der Waals surface area contributed by atoms with Crippen molar-refractivity contribution in [3.63, 3.8) is 0 Å². The average molecular weight is 562 g/mol. The number of benzene rings is 3. The SMILES string of the molecule is Cc1ccc(S(=O)(=O)O)cc1.O=C(O)CCCN1CCC[C@H]1COc1ccc(Oc2ccc(Cl)cc2)cc1. The number of carbonyl (C=O) groups is 1. The van der Waals surface area contributed by atoms with Crippen LogP contribution in [0.2, 0.25) is 5.02 Å². The van der Waals surface area contributed by atoms with E-state index in [1.165, 1.54) is 12.1 Å². The van der Waals surface area contributed by atoms with Gasteiger partial charge < -0.3 is 14.6 Å². The van der Waals surface area contributed by atoms with Gasteiger partial charge in [-0.1, -0.05) is 29.3 Å². The fraction of sp³-hybridized carbons (Fsp3) is 0.321. The van der Waals surface area contributed by atoms with Crippen LogP contribution >= 0.6 is 11.6 Å². The van der Waals surface area contributed by atoms with E-state index in [-0.39, 0.29) is 11.3 Å². The fourth-order valence-corrected chi connectivity index (χ4v) is 4.56. The Labute approximate surface area is 228 Å². The molecule has 1 aliphatic heterocycles. The molecule has 8 nitrogen and oxygen atoms in total. The van der Waals surface area contributed by atoms with Crippen LogP contribution in [0.15, 0.2) is 77.7 Å². The monoisotopic (exact) mass is 561 g/mol. The van der Waals surface area contributed by atoms with Gasteiger partial charge in [0.1, 0.15) is 23.9 Å². The third-order valence-electron chi connectivity index (χ3n) is 5.97. The highest BCUT2D eigenvalue weighted by Gasteiger charge is 2.24. The van der Waals surface area contributed by atoms with Crippen LogP contribution in [-0.4, -0.2) is 54.7 Å². The lowest BCUT2D eigenvalue weighted by Crippen LogP contribution is -2.35. The van der Waals surface area contributed by atoms with Crippen LogP contribution in [0.1, 0.15) is 31.2 Å². The summed E-state index contributed by atoms with van der Waals surface area (Å²) in [4.78, 5) is 12.9. The number of aryl methyl sites for hydroxylation is 1. The highest BCUT2D eigenvalue weighted by molar-refractivity contribution is 7.85. The molecule has 3 aromatic rings. The first kappa shape index (κ1) is 29.4. The Morgan fingerprint density at radius 1 is 0.974 bits per heavy atom. The normalized spacial score (nSPS) is 15.4. The van der Waals surface area contributed by atoms with Gasteiger partial charge in [-0.2, -0.15) is 8.42 Å². The molecule has 1 saturated heterocycles. The summed E-state index contributed by atoms with van der Waals surface area (Å²) < 4.78 is 41.3. The van der Waals surface area contributed by atoms with E-state index in [4.69, 9.17) is 30.7 Å². The number of rotatable bonds is 10. The number of carboxylic acid groups (broad SMARTS) is 1. The molecule has 0 radical (unpaired) electrons. The Morgan fingerprint density at radius 3 is 2.13 bits per heavy atom. The predicted molar refractivity (Wildman–Crippen MR) is 146 cm³/mol. The summed E-state index contributed by atoms with van der Waals surface area (Å²) in [6.45, 7) is 4.29. The van der Waals surface area contributed by atoms with Crippen LogP contribution in [0.5, 0.6) is 17.2 Å². The van der Waals surface area contributed by atoms with Gasteiger partial charge in [-0.25, -0.2) is 0 Å². The van der Waals surface area contributed by atoms with Gasteiger partial charge in [0.2, 0.25) is 0 Å². The summed E-state index contributed by atoms with van der Waals surface area (Å²) in [5.74, 6) is 1.54. The maximum atomic E-state index is 10.7. The first-order chi connectivity index (χ1) is 18.1. The molecular weight excluding hydrogens is 530 g/mol. The largest absolute Gasteiger partial charge is 0.492 e. The van der Waals surface area contributed by atoms with Crippen molar-refractivity contribution in [2.75, 3.05) is 19.7 Å². The second-order valence-electron chi connectivity index (χ2n) is 8.96. The number of hydrogen-bond acceptors (Lipinski definition) is 6. The molecule has 0 aliphatic carbocycles. The van der Waals surface area contributed by atoms with Crippen LogP contribution in [0, 0.1) is 6.92 Å². The van der Waals surface area contributed by atoms with Crippen molar-refractivity contribution in [3.8, 4) is 17.2 Å². The Morgan fingerprint density at radius 2 is 1.55 bits per heavy atom. The van der Waals surface area contributed by atoms with E-state index in [1.807, 2.05) is 43.3 Å². The molecule has 0 aromatic heterocycles. The molecule has 1 atom stereocenters. The highest BCUT2D eigenvalue weighted by Crippen LogP contribution is 2.26. The maximum Gasteiger partial charge on any atom is 0.303 e. The van der Waals surface area contributed by atoms with E-state index in [9.17, 15) is 13.2 Å². The van der Waals surface area contributed by atoms with Crippen molar-refractivity contribution in [1.82, 2.24) is 4.90 Å². The van der Waals surface area contributed by atoms with Gasteiger partial charge >= 0.3 is 5.97 Å². The zero-order valence-corrected chi connectivity index (χ0v) is 22.7. The lowest BCUT2D eigenvalue weighted by Gasteiger charge is -2.24. The molecule has 1 heterocycles. The van der Waals surface area contributed by atoms with Gasteiger partial charge in [0.15, 0.2) is 0 Å². The number of likely N-dealkylation sites (tertiary alicyclic amines) is 1. The molecule has 4 rings (SSSR count). The molecule has 0 unspecified atom stereocenters. The molecule has 1 fully saturated rings. The molecule has 0 spiro atoms. The third kappa shape index (κ3) is 9.98. The molecular formula is C28H32ClNO7S. The Hall–Kier alpha value is -3.11. The quantitative estimate of drug-likeness (QED) is 0.286. The van der Waals surface area contributed by atoms with E-state index in [2.05, 4.69) is 4.90 Å². The zero-order chi connectivity index (χ0) is 27.5. The molecule has 2 N–H and O–H groups in total. The predicted octanol–water partition coefficient (Wildman–Crippen LogP) is 6.08. The van der Waals surface area contributed by atoms with Crippen LogP contribution in [0.25, 0.3) is 0 Å². The summed E-state index contributed by atoms with van der Waals surface area (Å²) in [6.07, 6.45) is 3.13. The first-order valence-corrected chi connectivity index (χ1v) is 14.1. The minimum absolute atomic E-state index is 0.0666. The second-order valence-corrected chi connectivity index (χ2v) is 10.8. The zero-order valence-electron chi connectivity index (χ0n) is 21.1. The topological polar surface area (TPSA) is 113 Å². The van der Waals surface area contributed by atoms with E-state index in [0.717, 1.165) is 48.7 Å². The number of hydrogen-bond donors (Lipinski definition) is 2. The van der Waals surface area contributed by atoms with Gasteiger partial charge in [-0.05, 0) is 99.9 Å². The lowest BCUT2D eigenvalue weighted by atomic mass is 10.2. The number of aliphatic carboxylic acids is 1. The molecule has 3 aromatic carbocycles. The van der Waals surface area contributed by atoms with Crippen LogP contribution in [0.4, 0.5) is 0 Å². The Balaban J connectivity index is 0.000000304. The Bertz CT molecular complexity index is 1260. The Kier molecular flexibility index (Phi) is 11.0. The number of carboxylic acids is 1. The highest BCUT2D eigenvalue weighted by atomic mass is 35.5. The smallest absolute Gasteiger partial charge is 0.303 e. The van der Waals surface area contributed by atoms with Gasteiger partial charge in [0.05, 0.1) is 4.90 Å². The maximum absolute atomic E-state index is 10.7. The standard InChI is InChI=1S/C21H24ClNO4.C7H8O3S/c22-16-5-7-19(8-6-16)27-20-11-9-18(10-12-20)26-15-17-3-1-13-23(17)14-2-4-21(24)25;1-6-2-4-7(5-3-6)11(8,9)10/h5-12,17H,1-4,13-15H2,(H,24,25);2-5H,1H3,(H,8,9,10)/t17-;/m0./s1. The first-order valence-electron chi connectivity index (χ1n) is 12.3. The van der Waals surface area contributed by atoms with Crippen LogP contribution in [-0.2, 0) is 14.9 Å². The van der Waals surface area contributed by atoms with Crippen LogP contribution < -0.4 is 9.47 Å². The van der Waals surface area contributed by atoms with Gasteiger partial charge in [-0.3, -0.25) is 14.2 Å². The molecule has 38 heavy (non-hydrogen) atoms. The molecule has 0 saturated carbocycles. The molecule has 0 amide bonds. The third-order valence-corrected chi connectivity index (χ3v) is 7.09. The van der Waals surface area contributed by atoms with Crippen molar-refractivity contribution in [2.24, 2.45) is 0 Å². The minimum atomic E-state index is -4.02. The number of ether oxygens (including phenoxy) is 2. The summed E-state index contributed by atoms with van der Waals surface area (Å²) >= 11 is 5.87. The van der Waals surface area contributed by atoms with E-state index < -0.39 is 16.1 Å². The van der Waals surface area contributed by atoms with E-state index in [1.54, 1.807) is 24.3 Å². The van der Waals surface area contributed by atoms with Crippen molar-refractivity contribution in [3.05, 3.63) is 83.4 Å². The van der Waals surface area contributed by atoms with E-state index >= 15 is 0 Å². The average Bonchev–Trinajstić information content (AvgIpc) is 3.32. The summed E-state index contributed by atoms with van der Waals surface area (Å²) in [5, 5.41) is 9.45. The van der Waals surface area contributed by atoms with Crippen molar-refractivity contribution >= 4 is 27.7 Å². The van der Waals surface area contributed by atoms with Gasteiger partial charge in [0, 0.05) is 17.5 Å². The number of nitrogens with zero attached hydrogens (tertiary/aromatic N) is 1. The second kappa shape index (κ2) is 14.2. The van der Waals surface area contributed by atoms with Gasteiger partial charge in [0.25, 0.3) is 10.1 Å². The van der Waals surface area contributed by atoms with Gasteiger partial charge in [-0.15, -0.1) is 0 Å². The minimum Gasteiger partial charge on any atom is -0.492 e. The molecule has 1 aliphatic rings. The van der Waals surface area contributed by atoms with Crippen molar-refractivity contribution in [1.29, 1.82) is 0 Å². The van der Waals surface area contributed by atoms with Crippen LogP contribution in [0.3, 0.4) is 0 Å². The summed E-state index contributed by atoms with van der Waals surface area (Å²) in [7, 11) is -4.02. The fourth-order valence-electron chi connectivity index (χ4n) is 3.96.